The molecule has 5 unspecified atom stereocenters. The zero-order valence-electron chi connectivity index (χ0n) is 17.6. The molecule has 0 aromatic heterocycles. The number of hydrogen-bond donors (Lipinski definition) is 0. The summed E-state index contributed by atoms with van der Waals surface area (Å²) in [5.41, 5.74) is 1.53. The Morgan fingerprint density at radius 2 is 2.18 bits per heavy atom. The molecule has 0 amide bonds. The van der Waals surface area contributed by atoms with Crippen LogP contribution in [0.25, 0.3) is 0 Å². The van der Waals surface area contributed by atoms with E-state index in [0.717, 1.165) is 51.0 Å². The highest BCUT2D eigenvalue weighted by atomic mass is 16.7. The predicted molar refractivity (Wildman–Crippen MR) is 109 cm³/mol. The van der Waals surface area contributed by atoms with Crippen molar-refractivity contribution in [2.45, 2.75) is 69.5 Å². The van der Waals surface area contributed by atoms with Crippen LogP contribution in [0.2, 0.25) is 0 Å². The predicted octanol–water partition coefficient (Wildman–Crippen LogP) is 3.95. The summed E-state index contributed by atoms with van der Waals surface area (Å²) in [6, 6.07) is 8.66. The van der Waals surface area contributed by atoms with Crippen LogP contribution in [0, 0.1) is 5.92 Å². The second-order valence-electron chi connectivity index (χ2n) is 8.72. The van der Waals surface area contributed by atoms with Crippen molar-refractivity contribution in [3.05, 3.63) is 29.8 Å². The van der Waals surface area contributed by atoms with Gasteiger partial charge in [-0.2, -0.15) is 0 Å². The fourth-order valence-electron chi connectivity index (χ4n) is 5.35. The summed E-state index contributed by atoms with van der Waals surface area (Å²) in [6.07, 6.45) is 6.83. The van der Waals surface area contributed by atoms with Crippen molar-refractivity contribution in [2.75, 3.05) is 33.9 Å². The van der Waals surface area contributed by atoms with Gasteiger partial charge < -0.3 is 18.9 Å². The van der Waals surface area contributed by atoms with Gasteiger partial charge in [0, 0.05) is 24.5 Å². The highest BCUT2D eigenvalue weighted by Crippen LogP contribution is 2.50. The number of rotatable bonds is 6. The van der Waals surface area contributed by atoms with E-state index in [4.69, 9.17) is 18.9 Å². The van der Waals surface area contributed by atoms with Crippen molar-refractivity contribution in [3.63, 3.8) is 0 Å². The van der Waals surface area contributed by atoms with Gasteiger partial charge in [-0.25, -0.2) is 0 Å². The second-order valence-corrected chi connectivity index (χ2v) is 8.72. The van der Waals surface area contributed by atoms with E-state index < -0.39 is 0 Å². The Balaban J connectivity index is 1.48. The van der Waals surface area contributed by atoms with Crippen LogP contribution in [-0.2, 0) is 19.6 Å². The molecular weight excluding hydrogens is 354 g/mol. The lowest BCUT2D eigenvalue weighted by molar-refractivity contribution is -0.213. The molecule has 3 fully saturated rings. The number of likely N-dealkylation sites (tertiary alicyclic amines) is 1. The minimum Gasteiger partial charge on any atom is -0.497 e. The fourth-order valence-corrected chi connectivity index (χ4v) is 5.35. The lowest BCUT2D eigenvalue weighted by Crippen LogP contribution is -2.60. The SMILES string of the molecule is COc1cccc(C23CCN(C)C(OC(CCOC4CCCCO4)C2)C3C)c1. The summed E-state index contributed by atoms with van der Waals surface area (Å²) in [5, 5.41) is 0. The Morgan fingerprint density at radius 1 is 1.29 bits per heavy atom. The van der Waals surface area contributed by atoms with E-state index in [0.29, 0.717) is 12.5 Å². The lowest BCUT2D eigenvalue weighted by atomic mass is 9.61. The highest BCUT2D eigenvalue weighted by Gasteiger charge is 2.52. The van der Waals surface area contributed by atoms with Crippen LogP contribution in [0.3, 0.4) is 0 Å². The molecule has 3 aliphatic rings. The zero-order chi connectivity index (χ0) is 19.6. The third-order valence-electron chi connectivity index (χ3n) is 7.09. The van der Waals surface area contributed by atoms with Crippen LogP contribution in [-0.4, -0.2) is 57.4 Å². The number of hydrogen-bond acceptors (Lipinski definition) is 5. The van der Waals surface area contributed by atoms with E-state index in [-0.39, 0.29) is 24.0 Å². The molecule has 3 aliphatic heterocycles. The van der Waals surface area contributed by atoms with Crippen LogP contribution in [0.15, 0.2) is 24.3 Å². The first-order chi connectivity index (χ1) is 13.6. The van der Waals surface area contributed by atoms with Crippen LogP contribution in [0.5, 0.6) is 5.75 Å². The average molecular weight is 390 g/mol. The normalized spacial score (nSPS) is 36.2. The van der Waals surface area contributed by atoms with Crippen LogP contribution in [0.1, 0.15) is 51.0 Å². The summed E-state index contributed by atoms with van der Waals surface area (Å²) in [5.74, 6) is 1.38. The van der Waals surface area contributed by atoms with Gasteiger partial charge in [0.1, 0.15) is 12.0 Å². The molecule has 4 rings (SSSR count). The molecule has 2 bridgehead atoms. The van der Waals surface area contributed by atoms with Crippen molar-refractivity contribution in [1.82, 2.24) is 4.90 Å². The monoisotopic (exact) mass is 389 g/mol. The van der Waals surface area contributed by atoms with Gasteiger partial charge >= 0.3 is 0 Å². The van der Waals surface area contributed by atoms with Crippen molar-refractivity contribution >= 4 is 0 Å². The number of piperidine rings is 1. The third kappa shape index (κ3) is 3.95. The van der Waals surface area contributed by atoms with Crippen LogP contribution >= 0.6 is 0 Å². The summed E-state index contributed by atoms with van der Waals surface area (Å²) >= 11 is 0. The molecule has 1 aromatic carbocycles. The molecule has 3 heterocycles. The molecule has 156 valence electrons. The molecular formula is C23H35NO4. The standard InChI is InChI=1S/C23H35NO4/c1-17-22-24(2)12-11-23(17,18-7-6-8-19(15-18)25-3)16-20(28-22)10-14-27-21-9-4-5-13-26-21/h6-8,15,17,20-22H,4-5,9-14,16H2,1-3H3. The van der Waals surface area contributed by atoms with Crippen LogP contribution < -0.4 is 4.74 Å². The molecule has 28 heavy (non-hydrogen) atoms. The topological polar surface area (TPSA) is 40.2 Å². The number of fused-ring (bicyclic) bond motifs is 2. The first kappa shape index (κ1) is 20.1. The largest absolute Gasteiger partial charge is 0.497 e. The quantitative estimate of drug-likeness (QED) is 0.737. The second kappa shape index (κ2) is 8.70. The highest BCUT2D eigenvalue weighted by molar-refractivity contribution is 5.36. The van der Waals surface area contributed by atoms with Crippen molar-refractivity contribution < 1.29 is 18.9 Å². The number of nitrogens with zero attached hydrogens (tertiary/aromatic N) is 1. The number of methoxy groups -OCH3 is 1. The molecule has 5 nitrogen and oxygen atoms in total. The van der Waals surface area contributed by atoms with E-state index in [2.05, 4.69) is 37.1 Å². The van der Waals surface area contributed by atoms with Crippen molar-refractivity contribution in [1.29, 1.82) is 0 Å². The fraction of sp³-hybridized carbons (Fsp3) is 0.739. The maximum atomic E-state index is 6.55. The number of ether oxygens (including phenoxy) is 4. The van der Waals surface area contributed by atoms with Gasteiger partial charge in [-0.05, 0) is 63.3 Å². The Labute approximate surface area is 169 Å². The third-order valence-corrected chi connectivity index (χ3v) is 7.09. The molecule has 5 heteroatoms. The molecule has 1 aromatic rings. The Hall–Kier alpha value is -1.14. The minimum absolute atomic E-state index is 0.0224. The van der Waals surface area contributed by atoms with Crippen molar-refractivity contribution in [3.8, 4) is 5.75 Å². The molecule has 0 spiro atoms. The molecule has 0 N–H and O–H groups in total. The maximum Gasteiger partial charge on any atom is 0.157 e. The Bertz CT molecular complexity index is 647. The summed E-state index contributed by atoms with van der Waals surface area (Å²) in [7, 11) is 3.93. The first-order valence-corrected chi connectivity index (χ1v) is 10.9. The van der Waals surface area contributed by atoms with Gasteiger partial charge in [-0.1, -0.05) is 19.1 Å². The van der Waals surface area contributed by atoms with Gasteiger partial charge in [-0.15, -0.1) is 0 Å². The van der Waals surface area contributed by atoms with E-state index >= 15 is 0 Å². The maximum absolute atomic E-state index is 6.55. The molecule has 0 saturated carbocycles. The Morgan fingerprint density at radius 3 is 2.96 bits per heavy atom. The zero-order valence-corrected chi connectivity index (χ0v) is 17.6. The smallest absolute Gasteiger partial charge is 0.157 e. The summed E-state index contributed by atoms with van der Waals surface area (Å²) in [6.45, 7) is 4.94. The number of benzene rings is 1. The van der Waals surface area contributed by atoms with Gasteiger partial charge in [0.2, 0.25) is 0 Å². The molecule has 0 aliphatic carbocycles. The molecule has 3 saturated heterocycles. The van der Waals surface area contributed by atoms with Gasteiger partial charge in [0.25, 0.3) is 0 Å². The summed E-state index contributed by atoms with van der Waals surface area (Å²) < 4.78 is 23.8. The average Bonchev–Trinajstić information content (AvgIpc) is 2.73. The van der Waals surface area contributed by atoms with E-state index in [1.54, 1.807) is 7.11 Å². The molecule has 5 atom stereocenters. The van der Waals surface area contributed by atoms with Crippen molar-refractivity contribution in [2.24, 2.45) is 5.92 Å². The summed E-state index contributed by atoms with van der Waals surface area (Å²) in [4.78, 5) is 2.38. The lowest BCUT2D eigenvalue weighted by Gasteiger charge is -2.56. The van der Waals surface area contributed by atoms with E-state index in [1.165, 1.54) is 12.0 Å². The van der Waals surface area contributed by atoms with Crippen LogP contribution in [0.4, 0.5) is 0 Å². The molecule has 0 radical (unpaired) electrons. The van der Waals surface area contributed by atoms with Gasteiger partial charge in [-0.3, -0.25) is 4.90 Å². The van der Waals surface area contributed by atoms with E-state index in [9.17, 15) is 0 Å². The van der Waals surface area contributed by atoms with Gasteiger partial charge in [0.05, 0.1) is 19.8 Å². The first-order valence-electron chi connectivity index (χ1n) is 10.9. The van der Waals surface area contributed by atoms with Gasteiger partial charge in [0.15, 0.2) is 6.29 Å². The van der Waals surface area contributed by atoms with E-state index in [1.807, 2.05) is 6.07 Å². The minimum atomic E-state index is -0.0224. The Kier molecular flexibility index (Phi) is 6.26.